The van der Waals surface area contributed by atoms with E-state index in [-0.39, 0.29) is 5.91 Å². The molecule has 1 amide bonds. The Morgan fingerprint density at radius 2 is 1.79 bits per heavy atom. The largest absolute Gasteiger partial charge is 0.493 e. The third kappa shape index (κ3) is 5.29. The van der Waals surface area contributed by atoms with E-state index in [1.165, 1.54) is 0 Å². The first kappa shape index (κ1) is 20.7. The van der Waals surface area contributed by atoms with Crippen LogP contribution >= 0.6 is 15.9 Å². The summed E-state index contributed by atoms with van der Waals surface area (Å²) in [5.41, 5.74) is 2.25. The molecule has 0 aliphatic heterocycles. The lowest BCUT2D eigenvalue weighted by Crippen LogP contribution is -2.12. The van der Waals surface area contributed by atoms with Gasteiger partial charge in [-0.1, -0.05) is 12.1 Å². The summed E-state index contributed by atoms with van der Waals surface area (Å²) in [7, 11) is 1.54. The van der Waals surface area contributed by atoms with Crippen LogP contribution in [0.3, 0.4) is 0 Å². The van der Waals surface area contributed by atoms with Gasteiger partial charge in [0.15, 0.2) is 11.5 Å². The number of methoxy groups -OCH3 is 1. The Hall–Kier alpha value is -2.99. The highest BCUT2D eigenvalue weighted by Gasteiger charge is 2.15. The highest BCUT2D eigenvalue weighted by molar-refractivity contribution is 9.10. The third-order valence-electron chi connectivity index (χ3n) is 4.12. The number of carbonyl (C=O) groups is 1. The minimum absolute atomic E-state index is 0.251. The van der Waals surface area contributed by atoms with Gasteiger partial charge in [0.05, 0.1) is 18.2 Å². The Morgan fingerprint density at radius 3 is 2.45 bits per heavy atom. The maximum absolute atomic E-state index is 12.7. The molecule has 0 aliphatic carbocycles. The number of halogens is 1. The van der Waals surface area contributed by atoms with E-state index in [9.17, 15) is 4.79 Å². The maximum atomic E-state index is 12.7. The van der Waals surface area contributed by atoms with E-state index < -0.39 is 0 Å². The van der Waals surface area contributed by atoms with Crippen LogP contribution in [0.1, 0.15) is 22.8 Å². The molecule has 0 saturated carbocycles. The van der Waals surface area contributed by atoms with Gasteiger partial charge in [-0.15, -0.1) is 0 Å². The summed E-state index contributed by atoms with van der Waals surface area (Å²) in [5.74, 6) is 2.28. The van der Waals surface area contributed by atoms with Gasteiger partial charge >= 0.3 is 0 Å². The third-order valence-corrected chi connectivity index (χ3v) is 4.71. The van der Waals surface area contributed by atoms with Crippen molar-refractivity contribution >= 4 is 27.5 Å². The van der Waals surface area contributed by atoms with Crippen LogP contribution in [-0.4, -0.2) is 19.6 Å². The molecule has 0 aromatic heterocycles. The van der Waals surface area contributed by atoms with Crippen molar-refractivity contribution in [3.05, 3.63) is 76.3 Å². The molecule has 0 fully saturated rings. The number of anilines is 1. The number of nitrogens with one attached hydrogen (secondary N) is 1. The standard InChI is InChI=1S/C23H22BrNO4/c1-4-28-22-20(24)13-16(14-21(22)27-3)23(26)25-17-8-10-18(11-9-17)29-19-7-5-6-15(2)12-19/h5-14H,4H2,1-3H3,(H,25,26). The summed E-state index contributed by atoms with van der Waals surface area (Å²) >= 11 is 3.44. The number of hydrogen-bond acceptors (Lipinski definition) is 4. The summed E-state index contributed by atoms with van der Waals surface area (Å²) in [4.78, 5) is 12.7. The normalized spacial score (nSPS) is 10.3. The lowest BCUT2D eigenvalue weighted by molar-refractivity contribution is 0.102. The molecule has 0 bridgehead atoms. The summed E-state index contributed by atoms with van der Waals surface area (Å²) in [6.45, 7) is 4.40. The predicted octanol–water partition coefficient (Wildman–Crippen LogP) is 6.21. The molecular weight excluding hydrogens is 434 g/mol. The number of hydrogen-bond donors (Lipinski definition) is 1. The molecular formula is C23H22BrNO4. The quantitative estimate of drug-likeness (QED) is 0.459. The molecule has 1 N–H and O–H groups in total. The van der Waals surface area contributed by atoms with Gasteiger partial charge in [-0.2, -0.15) is 0 Å². The van der Waals surface area contributed by atoms with Gasteiger partial charge in [0.2, 0.25) is 0 Å². The minimum Gasteiger partial charge on any atom is -0.493 e. The summed E-state index contributed by atoms with van der Waals surface area (Å²) < 4.78 is 17.4. The fourth-order valence-electron chi connectivity index (χ4n) is 2.76. The van der Waals surface area contributed by atoms with E-state index in [0.29, 0.717) is 39.6 Å². The highest BCUT2D eigenvalue weighted by Crippen LogP contribution is 2.37. The predicted molar refractivity (Wildman–Crippen MR) is 118 cm³/mol. The topological polar surface area (TPSA) is 56.8 Å². The van der Waals surface area contributed by atoms with Gasteiger partial charge in [0.25, 0.3) is 5.91 Å². The van der Waals surface area contributed by atoms with Crippen LogP contribution in [-0.2, 0) is 0 Å². The van der Waals surface area contributed by atoms with Gasteiger partial charge in [0.1, 0.15) is 11.5 Å². The van der Waals surface area contributed by atoms with Crippen LogP contribution < -0.4 is 19.5 Å². The number of rotatable bonds is 7. The Labute approximate surface area is 178 Å². The van der Waals surface area contributed by atoms with Crippen molar-refractivity contribution in [2.45, 2.75) is 13.8 Å². The first-order valence-corrected chi connectivity index (χ1v) is 9.95. The van der Waals surface area contributed by atoms with Crippen molar-refractivity contribution in [1.82, 2.24) is 0 Å². The number of carbonyl (C=O) groups excluding carboxylic acids is 1. The number of amides is 1. The van der Waals surface area contributed by atoms with Crippen LogP contribution in [0.15, 0.2) is 65.1 Å². The average Bonchev–Trinajstić information content (AvgIpc) is 2.71. The minimum atomic E-state index is -0.251. The average molecular weight is 456 g/mol. The van der Waals surface area contributed by atoms with Crippen LogP contribution in [0.4, 0.5) is 5.69 Å². The summed E-state index contributed by atoms with van der Waals surface area (Å²) in [6.07, 6.45) is 0. The lowest BCUT2D eigenvalue weighted by Gasteiger charge is -2.13. The van der Waals surface area contributed by atoms with Crippen LogP contribution in [0.2, 0.25) is 0 Å². The van der Waals surface area contributed by atoms with E-state index in [0.717, 1.165) is 11.3 Å². The molecule has 0 aliphatic rings. The molecule has 3 rings (SSSR count). The van der Waals surface area contributed by atoms with Crippen LogP contribution in [0, 0.1) is 6.92 Å². The van der Waals surface area contributed by atoms with Crippen molar-refractivity contribution in [3.63, 3.8) is 0 Å². The van der Waals surface area contributed by atoms with Gasteiger partial charge in [-0.3, -0.25) is 4.79 Å². The fraction of sp³-hybridized carbons (Fsp3) is 0.174. The number of benzene rings is 3. The van der Waals surface area contributed by atoms with E-state index in [1.807, 2.05) is 50.2 Å². The molecule has 0 atom stereocenters. The number of aryl methyl sites for hydroxylation is 1. The molecule has 6 heteroatoms. The molecule has 0 unspecified atom stereocenters. The first-order valence-electron chi connectivity index (χ1n) is 9.16. The highest BCUT2D eigenvalue weighted by atomic mass is 79.9. The van der Waals surface area contributed by atoms with Gasteiger partial charge < -0.3 is 19.5 Å². The van der Waals surface area contributed by atoms with Crippen molar-refractivity contribution < 1.29 is 19.0 Å². The molecule has 29 heavy (non-hydrogen) atoms. The van der Waals surface area contributed by atoms with Crippen LogP contribution in [0.25, 0.3) is 0 Å². The smallest absolute Gasteiger partial charge is 0.255 e. The van der Waals surface area contributed by atoms with Crippen molar-refractivity contribution in [3.8, 4) is 23.0 Å². The fourth-order valence-corrected chi connectivity index (χ4v) is 3.32. The molecule has 3 aromatic rings. The lowest BCUT2D eigenvalue weighted by atomic mass is 10.1. The first-order chi connectivity index (χ1) is 14.0. The van der Waals surface area contributed by atoms with Gasteiger partial charge in [-0.25, -0.2) is 0 Å². The SMILES string of the molecule is CCOc1c(Br)cc(C(=O)Nc2ccc(Oc3cccc(C)c3)cc2)cc1OC. The van der Waals surface area contributed by atoms with E-state index >= 15 is 0 Å². The number of ether oxygens (including phenoxy) is 3. The summed E-state index contributed by atoms with van der Waals surface area (Å²) in [5, 5.41) is 2.88. The Morgan fingerprint density at radius 1 is 1.03 bits per heavy atom. The second-order valence-electron chi connectivity index (χ2n) is 6.32. The molecule has 5 nitrogen and oxygen atoms in total. The zero-order chi connectivity index (χ0) is 20.8. The molecule has 3 aromatic carbocycles. The molecule has 0 radical (unpaired) electrons. The summed E-state index contributed by atoms with van der Waals surface area (Å²) in [6, 6.07) is 18.4. The maximum Gasteiger partial charge on any atom is 0.255 e. The van der Waals surface area contributed by atoms with Gasteiger partial charge in [0, 0.05) is 11.3 Å². The van der Waals surface area contributed by atoms with Gasteiger partial charge in [-0.05, 0) is 83.9 Å². The Kier molecular flexibility index (Phi) is 6.77. The van der Waals surface area contributed by atoms with Crippen molar-refractivity contribution in [1.29, 1.82) is 0 Å². The molecule has 0 saturated heterocycles. The Balaban J connectivity index is 1.71. The zero-order valence-corrected chi connectivity index (χ0v) is 18.1. The Bertz CT molecular complexity index is 1000. The zero-order valence-electron chi connectivity index (χ0n) is 16.5. The molecule has 0 heterocycles. The van der Waals surface area contributed by atoms with E-state index in [2.05, 4.69) is 21.2 Å². The van der Waals surface area contributed by atoms with E-state index in [1.54, 1.807) is 31.4 Å². The van der Waals surface area contributed by atoms with Crippen LogP contribution in [0.5, 0.6) is 23.0 Å². The monoisotopic (exact) mass is 455 g/mol. The molecule has 150 valence electrons. The van der Waals surface area contributed by atoms with Crippen molar-refractivity contribution in [2.24, 2.45) is 0 Å². The van der Waals surface area contributed by atoms with E-state index in [4.69, 9.17) is 14.2 Å². The van der Waals surface area contributed by atoms with Crippen molar-refractivity contribution in [2.75, 3.05) is 19.0 Å². The second kappa shape index (κ2) is 9.47. The molecule has 0 spiro atoms. The second-order valence-corrected chi connectivity index (χ2v) is 7.17.